The highest BCUT2D eigenvalue weighted by atomic mass is 32.2. The van der Waals surface area contributed by atoms with Gasteiger partial charge in [0.15, 0.2) is 0 Å². The van der Waals surface area contributed by atoms with Crippen molar-refractivity contribution in [1.82, 2.24) is 14.6 Å². The molecule has 0 fully saturated rings. The minimum Gasteiger partial charge on any atom is -0.497 e. The Morgan fingerprint density at radius 3 is 2.50 bits per heavy atom. The Morgan fingerprint density at radius 1 is 1.19 bits per heavy atom. The number of carbonyl (C=O) groups excluding carboxylic acids is 1. The maximum absolute atomic E-state index is 12.0. The maximum atomic E-state index is 12.0. The molecule has 0 atom stereocenters. The zero-order valence-corrected chi connectivity index (χ0v) is 15.7. The van der Waals surface area contributed by atoms with Crippen LogP contribution in [0.25, 0.3) is 0 Å². The lowest BCUT2D eigenvalue weighted by atomic mass is 10.1. The van der Waals surface area contributed by atoms with E-state index in [0.29, 0.717) is 18.5 Å². The molecule has 0 bridgehead atoms. The third kappa shape index (κ3) is 6.12. The summed E-state index contributed by atoms with van der Waals surface area (Å²) >= 11 is 0. The maximum Gasteiger partial charge on any atom is 0.252 e. The highest BCUT2D eigenvalue weighted by Crippen LogP contribution is 2.12. The molecular weight excluding hydrogens is 354 g/mol. The van der Waals surface area contributed by atoms with Crippen molar-refractivity contribution in [2.24, 2.45) is 0 Å². The SMILES string of the molecule is COc1ccc(CCN(CCNC(=O)c2cccnc2)S(C)(=O)=O)cc1. The molecule has 2 rings (SSSR count). The first-order valence-electron chi connectivity index (χ1n) is 8.16. The Bertz CT molecular complexity index is 808. The smallest absolute Gasteiger partial charge is 0.252 e. The van der Waals surface area contributed by atoms with Crippen LogP contribution < -0.4 is 10.1 Å². The number of ether oxygens (including phenoxy) is 1. The second-order valence-electron chi connectivity index (χ2n) is 5.76. The van der Waals surface area contributed by atoms with Crippen LogP contribution in [-0.2, 0) is 16.4 Å². The van der Waals surface area contributed by atoms with E-state index >= 15 is 0 Å². The molecule has 1 aromatic carbocycles. The molecule has 140 valence electrons. The van der Waals surface area contributed by atoms with E-state index < -0.39 is 10.0 Å². The number of amides is 1. The third-order valence-corrected chi connectivity index (χ3v) is 5.15. The Kier molecular flexibility index (Phi) is 7.11. The number of pyridine rings is 1. The van der Waals surface area contributed by atoms with E-state index in [0.717, 1.165) is 11.3 Å². The van der Waals surface area contributed by atoms with Crippen LogP contribution in [0.3, 0.4) is 0 Å². The van der Waals surface area contributed by atoms with Crippen LogP contribution in [0, 0.1) is 0 Å². The van der Waals surface area contributed by atoms with E-state index in [-0.39, 0.29) is 19.0 Å². The van der Waals surface area contributed by atoms with Crippen molar-refractivity contribution in [3.63, 3.8) is 0 Å². The highest BCUT2D eigenvalue weighted by Gasteiger charge is 2.16. The number of aromatic nitrogens is 1. The predicted molar refractivity (Wildman–Crippen MR) is 99.7 cm³/mol. The third-order valence-electron chi connectivity index (χ3n) is 3.85. The summed E-state index contributed by atoms with van der Waals surface area (Å²) in [7, 11) is -1.77. The molecule has 0 radical (unpaired) electrons. The summed E-state index contributed by atoms with van der Waals surface area (Å²) in [4.78, 5) is 15.9. The molecule has 1 N–H and O–H groups in total. The number of hydrogen-bond donors (Lipinski definition) is 1. The molecule has 0 spiro atoms. The standard InChI is InChI=1S/C18H23N3O4S/c1-25-17-7-5-15(6-8-17)9-12-21(26(2,23)24)13-11-20-18(22)16-4-3-10-19-14-16/h3-8,10,14H,9,11-13H2,1-2H3,(H,20,22). The summed E-state index contributed by atoms with van der Waals surface area (Å²) in [5, 5.41) is 2.71. The van der Waals surface area contributed by atoms with Gasteiger partial charge >= 0.3 is 0 Å². The normalized spacial score (nSPS) is 11.3. The fourth-order valence-corrected chi connectivity index (χ4v) is 3.23. The van der Waals surface area contributed by atoms with Crippen LogP contribution in [-0.4, -0.2) is 56.6 Å². The van der Waals surface area contributed by atoms with Crippen molar-refractivity contribution in [2.45, 2.75) is 6.42 Å². The Hall–Kier alpha value is -2.45. The molecule has 8 heteroatoms. The van der Waals surface area contributed by atoms with Crippen LogP contribution in [0.2, 0.25) is 0 Å². The Balaban J connectivity index is 1.88. The lowest BCUT2D eigenvalue weighted by Gasteiger charge is -2.20. The van der Waals surface area contributed by atoms with Gasteiger partial charge in [0.2, 0.25) is 10.0 Å². The van der Waals surface area contributed by atoms with E-state index in [1.165, 1.54) is 16.8 Å². The van der Waals surface area contributed by atoms with Crippen LogP contribution in [0.15, 0.2) is 48.8 Å². The molecule has 26 heavy (non-hydrogen) atoms. The monoisotopic (exact) mass is 377 g/mol. The molecule has 0 aliphatic heterocycles. The van der Waals surface area contributed by atoms with Gasteiger partial charge in [0.05, 0.1) is 18.9 Å². The minimum absolute atomic E-state index is 0.209. The number of nitrogens with zero attached hydrogens (tertiary/aromatic N) is 2. The van der Waals surface area contributed by atoms with E-state index in [1.54, 1.807) is 25.4 Å². The first-order chi connectivity index (χ1) is 12.4. The van der Waals surface area contributed by atoms with Crippen LogP contribution in [0.1, 0.15) is 15.9 Å². The van der Waals surface area contributed by atoms with Gasteiger partial charge in [-0.25, -0.2) is 12.7 Å². The second-order valence-corrected chi connectivity index (χ2v) is 7.74. The summed E-state index contributed by atoms with van der Waals surface area (Å²) in [5.74, 6) is 0.480. The molecular formula is C18H23N3O4S. The summed E-state index contributed by atoms with van der Waals surface area (Å²) in [6.07, 6.45) is 4.80. The largest absolute Gasteiger partial charge is 0.497 e. The van der Waals surface area contributed by atoms with Gasteiger partial charge in [-0.15, -0.1) is 0 Å². The second kappa shape index (κ2) is 9.30. The van der Waals surface area contributed by atoms with Gasteiger partial charge in [0.1, 0.15) is 5.75 Å². The van der Waals surface area contributed by atoms with Gasteiger partial charge in [0, 0.05) is 32.0 Å². The van der Waals surface area contributed by atoms with Gasteiger partial charge in [0.25, 0.3) is 5.91 Å². The molecule has 2 aromatic rings. The zero-order valence-electron chi connectivity index (χ0n) is 14.9. The number of hydrogen-bond acceptors (Lipinski definition) is 5. The van der Waals surface area contributed by atoms with Crippen molar-refractivity contribution in [1.29, 1.82) is 0 Å². The van der Waals surface area contributed by atoms with Gasteiger partial charge in [-0.05, 0) is 36.2 Å². The summed E-state index contributed by atoms with van der Waals surface area (Å²) in [5.41, 5.74) is 1.45. The predicted octanol–water partition coefficient (Wildman–Crippen LogP) is 1.32. The molecule has 1 amide bonds. The van der Waals surface area contributed by atoms with E-state index in [9.17, 15) is 13.2 Å². The number of methoxy groups -OCH3 is 1. The van der Waals surface area contributed by atoms with Crippen molar-refractivity contribution in [2.75, 3.05) is 33.0 Å². The van der Waals surface area contributed by atoms with Crippen LogP contribution >= 0.6 is 0 Å². The number of nitrogens with one attached hydrogen (secondary N) is 1. The van der Waals surface area contributed by atoms with Gasteiger partial charge < -0.3 is 10.1 Å². The summed E-state index contributed by atoms with van der Waals surface area (Å²) < 4.78 is 30.4. The Morgan fingerprint density at radius 2 is 1.92 bits per heavy atom. The topological polar surface area (TPSA) is 88.6 Å². The van der Waals surface area contributed by atoms with Crippen molar-refractivity contribution >= 4 is 15.9 Å². The Labute approximate surface area is 154 Å². The van der Waals surface area contributed by atoms with E-state index in [4.69, 9.17) is 4.74 Å². The first-order valence-corrected chi connectivity index (χ1v) is 10.0. The van der Waals surface area contributed by atoms with E-state index in [2.05, 4.69) is 10.3 Å². The average Bonchev–Trinajstić information content (AvgIpc) is 2.64. The fraction of sp³-hybridized carbons (Fsp3) is 0.333. The molecule has 0 aliphatic rings. The lowest BCUT2D eigenvalue weighted by molar-refractivity contribution is 0.0951. The number of sulfonamides is 1. The van der Waals surface area contributed by atoms with Crippen molar-refractivity contribution in [3.8, 4) is 5.75 Å². The van der Waals surface area contributed by atoms with Crippen LogP contribution in [0.4, 0.5) is 0 Å². The highest BCUT2D eigenvalue weighted by molar-refractivity contribution is 7.88. The minimum atomic E-state index is -3.37. The van der Waals surface area contributed by atoms with Gasteiger partial charge in [-0.1, -0.05) is 12.1 Å². The van der Waals surface area contributed by atoms with Gasteiger partial charge in [-0.2, -0.15) is 0 Å². The average molecular weight is 377 g/mol. The number of rotatable bonds is 9. The molecule has 7 nitrogen and oxygen atoms in total. The summed E-state index contributed by atoms with van der Waals surface area (Å²) in [6, 6.07) is 10.8. The number of carbonyl (C=O) groups is 1. The first kappa shape index (κ1) is 19.9. The molecule has 0 unspecified atom stereocenters. The number of benzene rings is 1. The molecule has 0 saturated carbocycles. The lowest BCUT2D eigenvalue weighted by Crippen LogP contribution is -2.39. The summed E-state index contributed by atoms with van der Waals surface area (Å²) in [6.45, 7) is 0.776. The molecule has 0 saturated heterocycles. The quantitative estimate of drug-likeness (QED) is 0.712. The fourth-order valence-electron chi connectivity index (χ4n) is 2.38. The van der Waals surface area contributed by atoms with Gasteiger partial charge in [-0.3, -0.25) is 9.78 Å². The van der Waals surface area contributed by atoms with Crippen molar-refractivity contribution < 1.29 is 17.9 Å². The zero-order chi connectivity index (χ0) is 19.0. The van der Waals surface area contributed by atoms with E-state index in [1.807, 2.05) is 24.3 Å². The van der Waals surface area contributed by atoms with Crippen molar-refractivity contribution in [3.05, 3.63) is 59.9 Å². The molecule has 1 heterocycles. The molecule has 0 aliphatic carbocycles. The molecule has 1 aromatic heterocycles. The van der Waals surface area contributed by atoms with Crippen LogP contribution in [0.5, 0.6) is 5.75 Å².